The van der Waals surface area contributed by atoms with Gasteiger partial charge >= 0.3 is 6.09 Å². The molecule has 0 saturated heterocycles. The lowest BCUT2D eigenvalue weighted by atomic mass is 10.2. The highest BCUT2D eigenvalue weighted by molar-refractivity contribution is 9.10. The zero-order valence-electron chi connectivity index (χ0n) is 13.4. The van der Waals surface area contributed by atoms with Gasteiger partial charge in [0.05, 0.1) is 0 Å². The Morgan fingerprint density at radius 2 is 2.14 bits per heavy atom. The number of amides is 1. The number of aryl methyl sites for hydroxylation is 1. The molecule has 0 saturated carbocycles. The van der Waals surface area contributed by atoms with Gasteiger partial charge in [-0.1, -0.05) is 0 Å². The first kappa shape index (κ1) is 18.5. The van der Waals surface area contributed by atoms with Gasteiger partial charge in [0, 0.05) is 26.8 Å². The summed E-state index contributed by atoms with van der Waals surface area (Å²) < 4.78 is 6.40. The number of hydrogen-bond acceptors (Lipinski definition) is 4. The minimum absolute atomic E-state index is 0.0872. The van der Waals surface area contributed by atoms with E-state index in [4.69, 9.17) is 4.74 Å². The van der Waals surface area contributed by atoms with Gasteiger partial charge in [-0.25, -0.2) is 4.79 Å². The molecule has 1 aromatic heterocycles. The number of nitrogens with one attached hydrogen (secondary N) is 2. The van der Waals surface area contributed by atoms with Crippen LogP contribution in [0.2, 0.25) is 0 Å². The van der Waals surface area contributed by atoms with Crippen LogP contribution < -0.4 is 10.6 Å². The summed E-state index contributed by atoms with van der Waals surface area (Å²) in [6, 6.07) is 2.24. The molecule has 4 nitrogen and oxygen atoms in total. The van der Waals surface area contributed by atoms with E-state index in [1.54, 1.807) is 11.3 Å². The smallest absolute Gasteiger partial charge is 0.407 e. The highest BCUT2D eigenvalue weighted by atomic mass is 79.9. The molecule has 0 radical (unpaired) electrons. The van der Waals surface area contributed by atoms with Crippen molar-refractivity contribution in [3.63, 3.8) is 0 Å². The van der Waals surface area contributed by atoms with Crippen LogP contribution in [0.4, 0.5) is 4.79 Å². The van der Waals surface area contributed by atoms with Crippen molar-refractivity contribution in [2.45, 2.75) is 59.2 Å². The maximum atomic E-state index is 11.6. The third kappa shape index (κ3) is 7.83. The van der Waals surface area contributed by atoms with Crippen LogP contribution in [-0.2, 0) is 11.3 Å². The fourth-order valence-electron chi connectivity index (χ4n) is 1.72. The summed E-state index contributed by atoms with van der Waals surface area (Å²) >= 11 is 5.31. The fraction of sp³-hybridized carbons (Fsp3) is 0.667. The third-order valence-electron chi connectivity index (χ3n) is 2.72. The molecular weight excluding hydrogens is 352 g/mol. The van der Waals surface area contributed by atoms with Crippen LogP contribution in [-0.4, -0.2) is 24.3 Å². The van der Waals surface area contributed by atoms with E-state index in [1.165, 1.54) is 14.2 Å². The van der Waals surface area contributed by atoms with E-state index in [0.717, 1.165) is 19.5 Å². The molecule has 6 heteroatoms. The molecule has 0 aliphatic carbocycles. The van der Waals surface area contributed by atoms with Gasteiger partial charge in [0.1, 0.15) is 5.60 Å². The zero-order valence-corrected chi connectivity index (χ0v) is 15.8. The summed E-state index contributed by atoms with van der Waals surface area (Å²) in [5.74, 6) is 0. The van der Waals surface area contributed by atoms with Gasteiger partial charge in [0.15, 0.2) is 0 Å². The summed E-state index contributed by atoms with van der Waals surface area (Å²) in [6.45, 7) is 11.4. The third-order valence-corrected chi connectivity index (χ3v) is 4.86. The number of carbonyl (C=O) groups excluding carboxylic acids is 1. The molecule has 1 rings (SSSR count). The van der Waals surface area contributed by atoms with E-state index in [2.05, 4.69) is 39.6 Å². The van der Waals surface area contributed by atoms with Gasteiger partial charge in [-0.3, -0.25) is 0 Å². The van der Waals surface area contributed by atoms with Crippen LogP contribution in [0, 0.1) is 6.92 Å². The second kappa shape index (κ2) is 8.15. The Morgan fingerprint density at radius 3 is 2.67 bits per heavy atom. The average molecular weight is 377 g/mol. The van der Waals surface area contributed by atoms with Crippen LogP contribution in [0.15, 0.2) is 10.5 Å². The SMILES string of the molecule is Cc1sc(CNCCC(C)NC(=O)OC(C)(C)C)cc1Br. The van der Waals surface area contributed by atoms with Crippen LogP contribution >= 0.6 is 27.3 Å². The number of rotatable bonds is 6. The number of thiophene rings is 1. The molecule has 0 aliphatic heterocycles. The molecule has 120 valence electrons. The van der Waals surface area contributed by atoms with E-state index >= 15 is 0 Å². The highest BCUT2D eigenvalue weighted by Crippen LogP contribution is 2.26. The molecule has 2 N–H and O–H groups in total. The normalized spacial score (nSPS) is 13.0. The van der Waals surface area contributed by atoms with E-state index in [0.29, 0.717) is 0 Å². The van der Waals surface area contributed by atoms with Crippen molar-refractivity contribution in [3.8, 4) is 0 Å². The Morgan fingerprint density at radius 1 is 1.48 bits per heavy atom. The van der Waals surface area contributed by atoms with E-state index < -0.39 is 5.60 Å². The maximum Gasteiger partial charge on any atom is 0.407 e. The van der Waals surface area contributed by atoms with Crippen molar-refractivity contribution in [3.05, 3.63) is 20.3 Å². The van der Waals surface area contributed by atoms with Crippen molar-refractivity contribution in [1.82, 2.24) is 10.6 Å². The Bertz CT molecular complexity index is 449. The first-order chi connectivity index (χ1) is 9.67. The zero-order chi connectivity index (χ0) is 16.0. The molecule has 0 aromatic carbocycles. The second-order valence-electron chi connectivity index (χ2n) is 6.13. The predicted molar refractivity (Wildman–Crippen MR) is 91.9 cm³/mol. The van der Waals surface area contributed by atoms with Crippen molar-refractivity contribution in [2.24, 2.45) is 0 Å². The Labute approximate surface area is 139 Å². The largest absolute Gasteiger partial charge is 0.444 e. The van der Waals surface area contributed by atoms with E-state index in [1.807, 2.05) is 27.7 Å². The maximum absolute atomic E-state index is 11.6. The molecule has 21 heavy (non-hydrogen) atoms. The van der Waals surface area contributed by atoms with Gasteiger partial charge in [-0.05, 0) is 69.6 Å². The lowest BCUT2D eigenvalue weighted by molar-refractivity contribution is 0.0506. The van der Waals surface area contributed by atoms with Crippen LogP contribution in [0.25, 0.3) is 0 Å². The average Bonchev–Trinajstić information content (AvgIpc) is 2.61. The van der Waals surface area contributed by atoms with Gasteiger partial charge in [-0.2, -0.15) is 0 Å². The van der Waals surface area contributed by atoms with Crippen molar-refractivity contribution >= 4 is 33.4 Å². The summed E-state index contributed by atoms with van der Waals surface area (Å²) in [7, 11) is 0. The molecule has 1 heterocycles. The molecule has 1 aromatic rings. The van der Waals surface area contributed by atoms with Gasteiger partial charge in [0.25, 0.3) is 0 Å². The topological polar surface area (TPSA) is 50.4 Å². The molecule has 0 fully saturated rings. The van der Waals surface area contributed by atoms with Gasteiger partial charge < -0.3 is 15.4 Å². The molecular formula is C15H25BrN2O2S. The van der Waals surface area contributed by atoms with E-state index in [-0.39, 0.29) is 12.1 Å². The molecule has 0 spiro atoms. The summed E-state index contributed by atoms with van der Waals surface area (Å²) in [4.78, 5) is 14.2. The molecule has 0 bridgehead atoms. The summed E-state index contributed by atoms with van der Waals surface area (Å²) in [5, 5.41) is 6.23. The Balaban J connectivity index is 2.18. The first-order valence-electron chi connectivity index (χ1n) is 7.12. The van der Waals surface area contributed by atoms with E-state index in [9.17, 15) is 4.79 Å². The summed E-state index contributed by atoms with van der Waals surface area (Å²) in [6.07, 6.45) is 0.512. The monoisotopic (exact) mass is 376 g/mol. The highest BCUT2D eigenvalue weighted by Gasteiger charge is 2.17. The molecule has 1 unspecified atom stereocenters. The number of carbonyl (C=O) groups is 1. The molecule has 1 atom stereocenters. The summed E-state index contributed by atoms with van der Waals surface area (Å²) in [5.41, 5.74) is -0.452. The number of alkyl carbamates (subject to hydrolysis) is 1. The lowest BCUT2D eigenvalue weighted by Crippen LogP contribution is -2.38. The standard InChI is InChI=1S/C15H25BrN2O2S/c1-10(18-14(19)20-15(3,4)5)6-7-17-9-12-8-13(16)11(2)21-12/h8,10,17H,6-7,9H2,1-5H3,(H,18,19). The molecule has 1 amide bonds. The van der Waals surface area contributed by atoms with Crippen LogP contribution in [0.1, 0.15) is 43.9 Å². The quantitative estimate of drug-likeness (QED) is 0.730. The first-order valence-corrected chi connectivity index (χ1v) is 8.73. The lowest BCUT2D eigenvalue weighted by Gasteiger charge is -2.22. The fourth-order valence-corrected chi connectivity index (χ4v) is 3.29. The minimum Gasteiger partial charge on any atom is -0.444 e. The van der Waals surface area contributed by atoms with Gasteiger partial charge in [-0.15, -0.1) is 11.3 Å². The van der Waals surface area contributed by atoms with Crippen molar-refractivity contribution in [2.75, 3.05) is 6.54 Å². The number of halogens is 1. The van der Waals surface area contributed by atoms with Crippen LogP contribution in [0.3, 0.4) is 0 Å². The van der Waals surface area contributed by atoms with Gasteiger partial charge in [0.2, 0.25) is 0 Å². The predicted octanol–water partition coefficient (Wildman–Crippen LogP) is 4.21. The number of hydrogen-bond donors (Lipinski definition) is 2. The minimum atomic E-state index is -0.452. The molecule has 0 aliphatic rings. The Kier molecular flexibility index (Phi) is 7.16. The Hall–Kier alpha value is -0.590. The van der Waals surface area contributed by atoms with Crippen molar-refractivity contribution < 1.29 is 9.53 Å². The second-order valence-corrected chi connectivity index (χ2v) is 8.32. The van der Waals surface area contributed by atoms with Crippen LogP contribution in [0.5, 0.6) is 0 Å². The number of ether oxygens (including phenoxy) is 1. The van der Waals surface area contributed by atoms with Crippen molar-refractivity contribution in [1.29, 1.82) is 0 Å².